The van der Waals surface area contributed by atoms with Crippen LogP contribution in [0.1, 0.15) is 77.0 Å². The van der Waals surface area contributed by atoms with E-state index in [1.807, 2.05) is 23.0 Å². The van der Waals surface area contributed by atoms with E-state index >= 15 is 0 Å². The predicted molar refractivity (Wildman–Crippen MR) is 123 cm³/mol. The van der Waals surface area contributed by atoms with E-state index in [1.54, 1.807) is 18.2 Å². The molecular weight excluding hydrogens is 420 g/mol. The van der Waals surface area contributed by atoms with Crippen LogP contribution >= 0.6 is 0 Å². The Balaban J connectivity index is 1.43. The van der Waals surface area contributed by atoms with Gasteiger partial charge in [-0.3, -0.25) is 9.48 Å². The molecule has 2 aliphatic carbocycles. The number of carbonyl (C=O) groups is 2. The molecule has 2 aliphatic rings. The number of aromatic nitrogens is 3. The van der Waals surface area contributed by atoms with Crippen molar-refractivity contribution in [1.29, 1.82) is 0 Å². The number of ether oxygens (including phenoxy) is 1. The number of aliphatic hydroxyl groups excluding tert-OH is 1. The fourth-order valence-corrected chi connectivity index (χ4v) is 4.62. The largest absolute Gasteiger partial charge is 0.465 e. The van der Waals surface area contributed by atoms with Gasteiger partial charge in [0, 0.05) is 29.8 Å². The summed E-state index contributed by atoms with van der Waals surface area (Å²) in [7, 11) is 1.32. The molecule has 0 bridgehead atoms. The Morgan fingerprint density at radius 3 is 2.64 bits per heavy atom. The van der Waals surface area contributed by atoms with Crippen LogP contribution < -0.4 is 5.32 Å². The summed E-state index contributed by atoms with van der Waals surface area (Å²) in [6, 6.07) is 9.17. The Hall–Kier alpha value is -3.26. The summed E-state index contributed by atoms with van der Waals surface area (Å²) in [5.41, 5.74) is 2.56. The molecule has 5 rings (SSSR count). The molecule has 8 nitrogen and oxygen atoms in total. The van der Waals surface area contributed by atoms with E-state index in [9.17, 15) is 14.7 Å². The Bertz CT molecular complexity index is 1190. The van der Waals surface area contributed by atoms with Crippen molar-refractivity contribution in [2.45, 2.75) is 50.5 Å². The van der Waals surface area contributed by atoms with Gasteiger partial charge in [0.25, 0.3) is 5.91 Å². The number of amides is 1. The SMILES string of the molecule is COC(=O)c1cc2nn([C@H]3CC[C@H](CO)CC3)cc2cc1NC(=O)c1cccc(C2CC2)n1. The molecule has 0 radical (unpaired) electrons. The lowest BCUT2D eigenvalue weighted by Gasteiger charge is -2.27. The Kier molecular flexibility index (Phi) is 5.85. The average Bonchev–Trinajstić information content (AvgIpc) is 3.63. The highest BCUT2D eigenvalue weighted by Gasteiger charge is 2.26. The highest BCUT2D eigenvalue weighted by atomic mass is 16.5. The molecule has 1 amide bonds. The summed E-state index contributed by atoms with van der Waals surface area (Å²) >= 11 is 0. The Labute approximate surface area is 192 Å². The Morgan fingerprint density at radius 1 is 1.15 bits per heavy atom. The van der Waals surface area contributed by atoms with Crippen molar-refractivity contribution in [3.05, 3.63) is 53.5 Å². The number of hydrogen-bond acceptors (Lipinski definition) is 6. The van der Waals surface area contributed by atoms with Crippen LogP contribution in [-0.4, -0.2) is 45.5 Å². The minimum absolute atomic E-state index is 0.234. The number of benzene rings is 1. The third-order valence-electron chi connectivity index (χ3n) is 6.76. The number of esters is 1. The third kappa shape index (κ3) is 4.48. The van der Waals surface area contributed by atoms with Crippen molar-refractivity contribution < 1.29 is 19.4 Å². The highest BCUT2D eigenvalue weighted by molar-refractivity contribution is 6.09. The number of nitrogens with zero attached hydrogens (tertiary/aromatic N) is 3. The summed E-state index contributed by atoms with van der Waals surface area (Å²) in [4.78, 5) is 29.9. The predicted octanol–water partition coefficient (Wildman–Crippen LogP) is 4.07. The van der Waals surface area contributed by atoms with Gasteiger partial charge in [-0.15, -0.1) is 0 Å². The maximum absolute atomic E-state index is 13.0. The fourth-order valence-electron chi connectivity index (χ4n) is 4.62. The molecule has 0 atom stereocenters. The maximum Gasteiger partial charge on any atom is 0.340 e. The zero-order valence-corrected chi connectivity index (χ0v) is 18.7. The van der Waals surface area contributed by atoms with Crippen LogP contribution in [0, 0.1) is 5.92 Å². The van der Waals surface area contributed by atoms with Gasteiger partial charge in [-0.05, 0) is 68.7 Å². The third-order valence-corrected chi connectivity index (χ3v) is 6.76. The number of aliphatic hydroxyl groups is 1. The van der Waals surface area contributed by atoms with E-state index in [0.717, 1.165) is 49.6 Å². The molecule has 0 saturated heterocycles. The van der Waals surface area contributed by atoms with Crippen LogP contribution in [0.25, 0.3) is 10.9 Å². The van der Waals surface area contributed by atoms with Gasteiger partial charge in [-0.25, -0.2) is 9.78 Å². The molecule has 0 spiro atoms. The van der Waals surface area contributed by atoms with Crippen LogP contribution in [0.15, 0.2) is 36.5 Å². The van der Waals surface area contributed by atoms with Gasteiger partial charge in [-0.1, -0.05) is 6.07 Å². The second-order valence-electron chi connectivity index (χ2n) is 9.09. The molecule has 33 heavy (non-hydrogen) atoms. The minimum atomic E-state index is -0.537. The number of rotatable bonds is 6. The van der Waals surface area contributed by atoms with Gasteiger partial charge in [0.2, 0.25) is 0 Å². The van der Waals surface area contributed by atoms with Crippen LogP contribution in [0.5, 0.6) is 0 Å². The second kappa shape index (κ2) is 8.94. The van der Waals surface area contributed by atoms with E-state index in [2.05, 4.69) is 10.3 Å². The quantitative estimate of drug-likeness (QED) is 0.551. The first-order valence-corrected chi connectivity index (χ1v) is 11.6. The smallest absolute Gasteiger partial charge is 0.340 e. The number of methoxy groups -OCH3 is 1. The first-order valence-electron chi connectivity index (χ1n) is 11.6. The van der Waals surface area contributed by atoms with E-state index in [-0.39, 0.29) is 24.1 Å². The van der Waals surface area contributed by atoms with Crippen LogP contribution in [-0.2, 0) is 4.74 Å². The lowest BCUT2D eigenvalue weighted by molar-refractivity contribution is 0.0602. The zero-order chi connectivity index (χ0) is 22.9. The summed E-state index contributed by atoms with van der Waals surface area (Å²) in [5, 5.41) is 17.8. The van der Waals surface area contributed by atoms with Gasteiger partial charge in [-0.2, -0.15) is 5.10 Å². The minimum Gasteiger partial charge on any atom is -0.465 e. The molecule has 1 aromatic carbocycles. The van der Waals surface area contributed by atoms with E-state index in [4.69, 9.17) is 9.84 Å². The maximum atomic E-state index is 13.0. The number of carbonyl (C=O) groups excluding carboxylic acids is 2. The molecule has 3 aromatic rings. The van der Waals surface area contributed by atoms with Gasteiger partial charge in [0.15, 0.2) is 0 Å². The van der Waals surface area contributed by atoms with E-state index < -0.39 is 5.97 Å². The molecule has 2 heterocycles. The molecule has 0 aliphatic heterocycles. The molecule has 2 N–H and O–H groups in total. The fraction of sp³-hybridized carbons (Fsp3) is 0.440. The van der Waals surface area contributed by atoms with Crippen molar-refractivity contribution >= 4 is 28.5 Å². The topological polar surface area (TPSA) is 106 Å². The Morgan fingerprint density at radius 2 is 1.94 bits per heavy atom. The molecule has 2 fully saturated rings. The summed E-state index contributed by atoms with van der Waals surface area (Å²) in [5.74, 6) is -0.0920. The number of fused-ring (bicyclic) bond motifs is 1. The molecule has 0 unspecified atom stereocenters. The summed E-state index contributed by atoms with van der Waals surface area (Å²) in [6.07, 6.45) is 8.02. The summed E-state index contributed by atoms with van der Waals surface area (Å²) < 4.78 is 6.91. The molecule has 2 saturated carbocycles. The zero-order valence-electron chi connectivity index (χ0n) is 18.7. The van der Waals surface area contributed by atoms with E-state index in [1.165, 1.54) is 7.11 Å². The van der Waals surface area contributed by atoms with Gasteiger partial charge in [0.05, 0.1) is 29.9 Å². The normalized spacial score (nSPS) is 20.5. The van der Waals surface area contributed by atoms with Gasteiger partial charge >= 0.3 is 5.97 Å². The van der Waals surface area contributed by atoms with E-state index in [0.29, 0.717) is 28.7 Å². The second-order valence-corrected chi connectivity index (χ2v) is 9.09. The standard InChI is InChI=1S/C25H28N4O4/c1-33-25(32)19-12-22-17(13-29(28-22)18-9-5-15(14-30)6-10-18)11-23(19)27-24(31)21-4-2-3-20(26-21)16-7-8-16/h2-4,11-13,15-16,18,30H,5-10,14H2,1H3,(H,27,31)/t15-,18-. The van der Waals surface area contributed by atoms with Crippen LogP contribution in [0.4, 0.5) is 5.69 Å². The number of anilines is 1. The first kappa shape index (κ1) is 21.6. The van der Waals surface area contributed by atoms with Gasteiger partial charge in [0.1, 0.15) is 5.69 Å². The lowest BCUT2D eigenvalue weighted by Crippen LogP contribution is -2.20. The van der Waals surface area contributed by atoms with Crippen molar-refractivity contribution in [1.82, 2.24) is 14.8 Å². The van der Waals surface area contributed by atoms with Crippen LogP contribution in [0.3, 0.4) is 0 Å². The van der Waals surface area contributed by atoms with Crippen molar-refractivity contribution in [3.8, 4) is 0 Å². The van der Waals surface area contributed by atoms with Crippen molar-refractivity contribution in [2.75, 3.05) is 19.0 Å². The monoisotopic (exact) mass is 448 g/mol. The number of hydrogen-bond donors (Lipinski definition) is 2. The number of pyridine rings is 1. The summed E-state index contributed by atoms with van der Waals surface area (Å²) in [6.45, 7) is 0.234. The van der Waals surface area contributed by atoms with Crippen molar-refractivity contribution in [3.63, 3.8) is 0 Å². The highest BCUT2D eigenvalue weighted by Crippen LogP contribution is 2.39. The number of nitrogens with one attached hydrogen (secondary N) is 1. The van der Waals surface area contributed by atoms with Gasteiger partial charge < -0.3 is 15.2 Å². The molecule has 2 aromatic heterocycles. The molecule has 172 valence electrons. The first-order chi connectivity index (χ1) is 16.1. The lowest BCUT2D eigenvalue weighted by atomic mass is 9.87. The molecular formula is C25H28N4O4. The van der Waals surface area contributed by atoms with Crippen molar-refractivity contribution in [2.24, 2.45) is 5.92 Å². The molecule has 8 heteroatoms. The van der Waals surface area contributed by atoms with Crippen LogP contribution in [0.2, 0.25) is 0 Å². The average molecular weight is 449 g/mol.